The molecular formula is C20H26N2O5. The molecule has 0 spiro atoms. The maximum absolute atomic E-state index is 12.6. The van der Waals surface area contributed by atoms with Gasteiger partial charge >= 0.3 is 5.97 Å². The minimum absolute atomic E-state index is 0.0432. The zero-order valence-corrected chi connectivity index (χ0v) is 15.6. The van der Waals surface area contributed by atoms with Crippen LogP contribution in [-0.4, -0.2) is 66.0 Å². The van der Waals surface area contributed by atoms with Gasteiger partial charge < -0.3 is 19.6 Å². The fourth-order valence-corrected chi connectivity index (χ4v) is 3.99. The van der Waals surface area contributed by atoms with Crippen LogP contribution in [0.25, 0.3) is 0 Å². The largest absolute Gasteiger partial charge is 0.497 e. The minimum Gasteiger partial charge on any atom is -0.497 e. The molecule has 2 aliphatic rings. The van der Waals surface area contributed by atoms with E-state index >= 15 is 0 Å². The van der Waals surface area contributed by atoms with Crippen LogP contribution in [0, 0.1) is 5.92 Å². The molecule has 2 heterocycles. The molecule has 0 saturated carbocycles. The number of ether oxygens (including phenoxy) is 1. The molecule has 2 saturated heterocycles. The van der Waals surface area contributed by atoms with Crippen molar-refractivity contribution in [1.82, 2.24) is 9.80 Å². The van der Waals surface area contributed by atoms with E-state index < -0.39 is 11.9 Å². The first kappa shape index (κ1) is 19.2. The summed E-state index contributed by atoms with van der Waals surface area (Å²) in [4.78, 5) is 39.4. The van der Waals surface area contributed by atoms with Gasteiger partial charge in [-0.3, -0.25) is 14.4 Å². The average Bonchev–Trinajstić information content (AvgIpc) is 3.28. The normalized spacial score (nSPS) is 22.3. The second-order valence-electron chi connectivity index (χ2n) is 7.21. The summed E-state index contributed by atoms with van der Waals surface area (Å²) >= 11 is 0. The van der Waals surface area contributed by atoms with Gasteiger partial charge in [-0.15, -0.1) is 0 Å². The Hall–Kier alpha value is -2.57. The number of carboxylic acids is 1. The zero-order chi connectivity index (χ0) is 19.4. The maximum atomic E-state index is 12.6. The van der Waals surface area contributed by atoms with E-state index in [1.54, 1.807) is 16.9 Å². The quantitative estimate of drug-likeness (QED) is 0.785. The monoisotopic (exact) mass is 374 g/mol. The maximum Gasteiger partial charge on any atom is 0.308 e. The van der Waals surface area contributed by atoms with Crippen LogP contribution in [0.2, 0.25) is 0 Å². The van der Waals surface area contributed by atoms with Crippen LogP contribution in [0.1, 0.15) is 37.2 Å². The van der Waals surface area contributed by atoms with Crippen molar-refractivity contribution in [2.45, 2.75) is 31.6 Å². The van der Waals surface area contributed by atoms with Gasteiger partial charge in [0.25, 0.3) is 0 Å². The van der Waals surface area contributed by atoms with Gasteiger partial charge in [0.1, 0.15) is 5.75 Å². The van der Waals surface area contributed by atoms with E-state index in [-0.39, 0.29) is 24.3 Å². The Kier molecular flexibility index (Phi) is 5.98. The van der Waals surface area contributed by atoms with Crippen molar-refractivity contribution in [2.75, 3.05) is 33.3 Å². The SMILES string of the molecule is COc1cccc([C@@H]2CN(C(=O)CCCN3CCCC3=O)C[C@H]2C(=O)O)c1. The van der Waals surface area contributed by atoms with Crippen molar-refractivity contribution in [3.05, 3.63) is 29.8 Å². The topological polar surface area (TPSA) is 87.2 Å². The van der Waals surface area contributed by atoms with E-state index in [0.717, 1.165) is 18.5 Å². The molecule has 0 radical (unpaired) electrons. The molecule has 1 aromatic carbocycles. The number of hydrogen-bond donors (Lipinski definition) is 1. The third-order valence-corrected chi connectivity index (χ3v) is 5.50. The Morgan fingerprint density at radius 2 is 2.11 bits per heavy atom. The van der Waals surface area contributed by atoms with E-state index in [2.05, 4.69) is 0 Å². The third-order valence-electron chi connectivity index (χ3n) is 5.50. The molecule has 7 nitrogen and oxygen atoms in total. The lowest BCUT2D eigenvalue weighted by atomic mass is 9.89. The number of carbonyl (C=O) groups is 3. The molecule has 3 rings (SSSR count). The molecule has 27 heavy (non-hydrogen) atoms. The third kappa shape index (κ3) is 4.40. The predicted octanol–water partition coefficient (Wildman–Crippen LogP) is 1.72. The van der Waals surface area contributed by atoms with E-state index in [9.17, 15) is 19.5 Å². The number of methoxy groups -OCH3 is 1. The lowest BCUT2D eigenvalue weighted by Gasteiger charge is -2.19. The number of likely N-dealkylation sites (tertiary alicyclic amines) is 2. The summed E-state index contributed by atoms with van der Waals surface area (Å²) in [5, 5.41) is 9.61. The van der Waals surface area contributed by atoms with Crippen LogP contribution in [0.3, 0.4) is 0 Å². The van der Waals surface area contributed by atoms with Crippen LogP contribution < -0.4 is 4.74 Å². The fourth-order valence-electron chi connectivity index (χ4n) is 3.99. The highest BCUT2D eigenvalue weighted by Gasteiger charge is 2.40. The molecule has 0 aromatic heterocycles. The summed E-state index contributed by atoms with van der Waals surface area (Å²) in [5.74, 6) is -0.966. The second kappa shape index (κ2) is 8.41. The number of carboxylic acid groups (broad SMARTS) is 1. The highest BCUT2D eigenvalue weighted by molar-refractivity contribution is 5.80. The fraction of sp³-hybridized carbons (Fsp3) is 0.550. The number of rotatable bonds is 7. The smallest absolute Gasteiger partial charge is 0.308 e. The highest BCUT2D eigenvalue weighted by atomic mass is 16.5. The molecule has 7 heteroatoms. The zero-order valence-electron chi connectivity index (χ0n) is 15.6. The van der Waals surface area contributed by atoms with Gasteiger partial charge in [0.2, 0.25) is 11.8 Å². The van der Waals surface area contributed by atoms with E-state index in [1.165, 1.54) is 0 Å². The van der Waals surface area contributed by atoms with Gasteiger partial charge in [0, 0.05) is 44.9 Å². The Bertz CT molecular complexity index is 720. The lowest BCUT2D eigenvalue weighted by molar-refractivity contribution is -0.142. The van der Waals surface area contributed by atoms with Crippen LogP contribution in [0.4, 0.5) is 0 Å². The molecule has 0 aliphatic carbocycles. The molecule has 0 bridgehead atoms. The minimum atomic E-state index is -0.888. The first-order valence-electron chi connectivity index (χ1n) is 9.42. The molecule has 1 aromatic rings. The van der Waals surface area contributed by atoms with Crippen LogP contribution in [-0.2, 0) is 14.4 Å². The first-order chi connectivity index (χ1) is 13.0. The number of nitrogens with zero attached hydrogens (tertiary/aromatic N) is 2. The second-order valence-corrected chi connectivity index (χ2v) is 7.21. The molecule has 0 unspecified atom stereocenters. The molecule has 1 N–H and O–H groups in total. The molecule has 2 amide bonds. The van der Waals surface area contributed by atoms with E-state index in [0.29, 0.717) is 38.1 Å². The summed E-state index contributed by atoms with van der Waals surface area (Å²) in [6.07, 6.45) is 2.44. The highest BCUT2D eigenvalue weighted by Crippen LogP contribution is 2.34. The Morgan fingerprint density at radius 3 is 2.78 bits per heavy atom. The Balaban J connectivity index is 1.60. The van der Waals surface area contributed by atoms with E-state index in [1.807, 2.05) is 24.3 Å². The van der Waals surface area contributed by atoms with Crippen molar-refractivity contribution < 1.29 is 24.2 Å². The summed E-state index contributed by atoms with van der Waals surface area (Å²) in [7, 11) is 1.57. The number of aliphatic carboxylic acids is 1. The van der Waals surface area contributed by atoms with Gasteiger partial charge in [-0.25, -0.2) is 0 Å². The van der Waals surface area contributed by atoms with Crippen molar-refractivity contribution in [3.63, 3.8) is 0 Å². The molecule has 2 atom stereocenters. The number of amides is 2. The van der Waals surface area contributed by atoms with Crippen molar-refractivity contribution in [2.24, 2.45) is 5.92 Å². The van der Waals surface area contributed by atoms with Gasteiger partial charge in [-0.2, -0.15) is 0 Å². The number of carbonyl (C=O) groups excluding carboxylic acids is 2. The van der Waals surface area contributed by atoms with Gasteiger partial charge in [-0.1, -0.05) is 12.1 Å². The van der Waals surface area contributed by atoms with Crippen LogP contribution >= 0.6 is 0 Å². The van der Waals surface area contributed by atoms with Crippen LogP contribution in [0.5, 0.6) is 5.75 Å². The van der Waals surface area contributed by atoms with Gasteiger partial charge in [-0.05, 0) is 30.5 Å². The molecule has 2 aliphatic heterocycles. The summed E-state index contributed by atoms with van der Waals surface area (Å²) in [5.41, 5.74) is 0.875. The van der Waals surface area contributed by atoms with Crippen molar-refractivity contribution >= 4 is 17.8 Å². The van der Waals surface area contributed by atoms with Gasteiger partial charge in [0.15, 0.2) is 0 Å². The average molecular weight is 374 g/mol. The Labute approximate surface area is 158 Å². The number of benzene rings is 1. The summed E-state index contributed by atoms with van der Waals surface area (Å²) in [6, 6.07) is 7.38. The van der Waals surface area contributed by atoms with Crippen molar-refractivity contribution in [1.29, 1.82) is 0 Å². The standard InChI is InChI=1S/C20H26N2O5/c1-27-15-6-2-5-14(11-15)16-12-22(13-17(16)20(25)26)19(24)8-4-10-21-9-3-7-18(21)23/h2,5-6,11,16-17H,3-4,7-10,12-13H2,1H3,(H,25,26)/t16-,17+/m0/s1. The van der Waals surface area contributed by atoms with Gasteiger partial charge in [0.05, 0.1) is 13.0 Å². The Morgan fingerprint density at radius 1 is 1.30 bits per heavy atom. The predicted molar refractivity (Wildman–Crippen MR) is 98.5 cm³/mol. The summed E-state index contributed by atoms with van der Waals surface area (Å²) in [6.45, 7) is 1.99. The van der Waals surface area contributed by atoms with Crippen molar-refractivity contribution in [3.8, 4) is 5.75 Å². The molecule has 146 valence electrons. The number of hydrogen-bond acceptors (Lipinski definition) is 4. The first-order valence-corrected chi connectivity index (χ1v) is 9.42. The molecule has 2 fully saturated rings. The lowest BCUT2D eigenvalue weighted by Crippen LogP contribution is -2.31. The van der Waals surface area contributed by atoms with E-state index in [4.69, 9.17) is 4.74 Å². The van der Waals surface area contributed by atoms with Crippen LogP contribution in [0.15, 0.2) is 24.3 Å². The molecular weight excluding hydrogens is 348 g/mol. The summed E-state index contributed by atoms with van der Waals surface area (Å²) < 4.78 is 5.23.